The van der Waals surface area contributed by atoms with E-state index in [1.165, 1.54) is 18.9 Å². The van der Waals surface area contributed by atoms with Crippen molar-refractivity contribution in [2.45, 2.75) is 51.6 Å². The summed E-state index contributed by atoms with van der Waals surface area (Å²) in [5.41, 5.74) is 0. The van der Waals surface area contributed by atoms with Crippen molar-refractivity contribution >= 4 is 8.07 Å². The molecular weight excluding hydrogens is 164 g/mol. The maximum absolute atomic E-state index is 5.76. The van der Waals surface area contributed by atoms with Crippen LogP contribution in [0.5, 0.6) is 0 Å². The lowest BCUT2D eigenvalue weighted by molar-refractivity contribution is 0.00611. The summed E-state index contributed by atoms with van der Waals surface area (Å²) in [4.78, 5) is 0. The van der Waals surface area contributed by atoms with Crippen molar-refractivity contribution in [2.75, 3.05) is 6.61 Å². The predicted octanol–water partition coefficient (Wildman–Crippen LogP) is 3.14. The highest BCUT2D eigenvalue weighted by Gasteiger charge is 2.25. The smallest absolute Gasteiger partial charge is 0.0554 e. The molecule has 1 aliphatic heterocycles. The molecule has 0 aromatic heterocycles. The summed E-state index contributed by atoms with van der Waals surface area (Å²) in [5, 5.41) is 0. The second-order valence-corrected chi connectivity index (χ2v) is 10.9. The number of hydrogen-bond donors (Lipinski definition) is 0. The molecule has 0 N–H and O–H groups in total. The van der Waals surface area contributed by atoms with Gasteiger partial charge < -0.3 is 4.74 Å². The molecule has 0 spiro atoms. The fraction of sp³-hybridized carbons (Fsp3) is 1.00. The van der Waals surface area contributed by atoms with Crippen molar-refractivity contribution < 1.29 is 4.74 Å². The van der Waals surface area contributed by atoms with Gasteiger partial charge in [0.15, 0.2) is 0 Å². The molecule has 1 aliphatic rings. The van der Waals surface area contributed by atoms with E-state index in [1.54, 1.807) is 0 Å². The van der Waals surface area contributed by atoms with Gasteiger partial charge in [0.1, 0.15) is 0 Å². The van der Waals surface area contributed by atoms with Gasteiger partial charge in [0.25, 0.3) is 0 Å². The normalized spacial score (nSPS) is 32.0. The summed E-state index contributed by atoms with van der Waals surface area (Å²) in [6.07, 6.45) is 3.15. The standard InChI is InChI=1S/C10H22OSi/c1-9-5-6-11-10(7-9)8-12(2,3)4/h9-10H,5-8H2,1-4H3/t9-,10-/m0/s1. The summed E-state index contributed by atoms with van der Waals surface area (Å²) in [7, 11) is -0.899. The Morgan fingerprint density at radius 2 is 2.00 bits per heavy atom. The summed E-state index contributed by atoms with van der Waals surface area (Å²) in [6.45, 7) is 10.6. The van der Waals surface area contributed by atoms with Crippen molar-refractivity contribution in [1.29, 1.82) is 0 Å². The third-order valence-electron chi connectivity index (χ3n) is 2.47. The molecule has 0 aromatic rings. The molecule has 0 unspecified atom stereocenters. The lowest BCUT2D eigenvalue weighted by atomic mass is 9.99. The van der Waals surface area contributed by atoms with Gasteiger partial charge in [-0.3, -0.25) is 0 Å². The molecule has 0 radical (unpaired) electrons. The molecule has 1 nitrogen and oxygen atoms in total. The summed E-state index contributed by atoms with van der Waals surface area (Å²) in [6, 6.07) is 1.34. The van der Waals surface area contributed by atoms with Crippen LogP contribution >= 0.6 is 0 Å². The van der Waals surface area contributed by atoms with E-state index in [0.717, 1.165) is 12.5 Å². The van der Waals surface area contributed by atoms with E-state index in [4.69, 9.17) is 4.74 Å². The first-order chi connectivity index (χ1) is 5.47. The summed E-state index contributed by atoms with van der Waals surface area (Å²) >= 11 is 0. The monoisotopic (exact) mass is 186 g/mol. The molecule has 0 aromatic carbocycles. The van der Waals surface area contributed by atoms with E-state index < -0.39 is 8.07 Å². The lowest BCUT2D eigenvalue weighted by Gasteiger charge is -2.31. The fourth-order valence-corrected chi connectivity index (χ4v) is 3.55. The maximum Gasteiger partial charge on any atom is 0.0554 e. The van der Waals surface area contributed by atoms with E-state index in [2.05, 4.69) is 26.6 Å². The van der Waals surface area contributed by atoms with Crippen LogP contribution in [0.3, 0.4) is 0 Å². The second-order valence-electron chi connectivity index (χ2n) is 5.39. The van der Waals surface area contributed by atoms with Crippen LogP contribution in [0.2, 0.25) is 25.7 Å². The zero-order valence-corrected chi connectivity index (χ0v) is 9.89. The molecule has 0 aliphatic carbocycles. The molecular formula is C10H22OSi. The minimum absolute atomic E-state index is 0.584. The Morgan fingerprint density at radius 1 is 1.33 bits per heavy atom. The van der Waals surface area contributed by atoms with Crippen LogP contribution < -0.4 is 0 Å². The van der Waals surface area contributed by atoms with E-state index in [1.807, 2.05) is 0 Å². The average molecular weight is 186 g/mol. The molecule has 1 rings (SSSR count). The van der Waals surface area contributed by atoms with Gasteiger partial charge in [-0.1, -0.05) is 26.6 Å². The van der Waals surface area contributed by atoms with E-state index >= 15 is 0 Å². The Kier molecular flexibility index (Phi) is 3.35. The SMILES string of the molecule is C[C@H]1CCO[C@H](C[Si](C)(C)C)C1. The molecule has 2 atom stereocenters. The quantitative estimate of drug-likeness (QED) is 0.602. The van der Waals surface area contributed by atoms with Gasteiger partial charge >= 0.3 is 0 Å². The van der Waals surface area contributed by atoms with Gasteiger partial charge in [0.2, 0.25) is 0 Å². The maximum atomic E-state index is 5.76. The molecule has 0 bridgehead atoms. The van der Waals surface area contributed by atoms with E-state index in [-0.39, 0.29) is 0 Å². The van der Waals surface area contributed by atoms with Crippen LogP contribution in [-0.2, 0) is 4.74 Å². The van der Waals surface area contributed by atoms with Gasteiger partial charge in [-0.15, -0.1) is 0 Å². The molecule has 0 amide bonds. The summed E-state index contributed by atoms with van der Waals surface area (Å²) in [5.74, 6) is 0.889. The van der Waals surface area contributed by atoms with Gasteiger partial charge in [0.05, 0.1) is 6.10 Å². The molecule has 12 heavy (non-hydrogen) atoms. The van der Waals surface area contributed by atoms with Crippen LogP contribution in [0, 0.1) is 5.92 Å². The summed E-state index contributed by atoms with van der Waals surface area (Å²) < 4.78 is 5.76. The minimum atomic E-state index is -0.899. The Balaban J connectivity index is 2.32. The highest BCUT2D eigenvalue weighted by atomic mass is 28.3. The van der Waals surface area contributed by atoms with Crippen molar-refractivity contribution in [3.63, 3.8) is 0 Å². The first-order valence-electron chi connectivity index (χ1n) is 5.09. The van der Waals surface area contributed by atoms with E-state index in [9.17, 15) is 0 Å². The van der Waals surface area contributed by atoms with Crippen molar-refractivity contribution in [3.05, 3.63) is 0 Å². The van der Waals surface area contributed by atoms with Crippen molar-refractivity contribution in [2.24, 2.45) is 5.92 Å². The number of hydrogen-bond acceptors (Lipinski definition) is 1. The molecule has 1 heterocycles. The number of ether oxygens (including phenoxy) is 1. The van der Waals surface area contributed by atoms with Gasteiger partial charge in [-0.05, 0) is 24.8 Å². The Bertz CT molecular complexity index is 139. The number of rotatable bonds is 2. The van der Waals surface area contributed by atoms with Gasteiger partial charge in [-0.2, -0.15) is 0 Å². The van der Waals surface area contributed by atoms with Crippen LogP contribution in [0.1, 0.15) is 19.8 Å². The Morgan fingerprint density at radius 3 is 2.50 bits per heavy atom. The minimum Gasteiger partial charge on any atom is -0.378 e. The Hall–Kier alpha value is 0.177. The fourth-order valence-electron chi connectivity index (χ4n) is 1.90. The third kappa shape index (κ3) is 3.72. The van der Waals surface area contributed by atoms with Crippen LogP contribution in [0.4, 0.5) is 0 Å². The third-order valence-corrected chi connectivity index (χ3v) is 4.15. The average Bonchev–Trinajstić information content (AvgIpc) is 1.82. The van der Waals surface area contributed by atoms with Crippen LogP contribution in [-0.4, -0.2) is 20.8 Å². The lowest BCUT2D eigenvalue weighted by Crippen LogP contribution is -2.32. The highest BCUT2D eigenvalue weighted by molar-refractivity contribution is 6.76. The van der Waals surface area contributed by atoms with E-state index in [0.29, 0.717) is 6.10 Å². The van der Waals surface area contributed by atoms with Gasteiger partial charge in [-0.25, -0.2) is 0 Å². The molecule has 0 saturated carbocycles. The predicted molar refractivity (Wildman–Crippen MR) is 56.3 cm³/mol. The van der Waals surface area contributed by atoms with Crippen molar-refractivity contribution in [3.8, 4) is 0 Å². The zero-order chi connectivity index (χ0) is 9.19. The van der Waals surface area contributed by atoms with Crippen LogP contribution in [0.15, 0.2) is 0 Å². The largest absolute Gasteiger partial charge is 0.378 e. The zero-order valence-electron chi connectivity index (χ0n) is 8.89. The molecule has 1 saturated heterocycles. The van der Waals surface area contributed by atoms with Gasteiger partial charge in [0, 0.05) is 14.7 Å². The molecule has 2 heteroatoms. The second kappa shape index (κ2) is 3.92. The van der Waals surface area contributed by atoms with Crippen LogP contribution in [0.25, 0.3) is 0 Å². The first kappa shape index (κ1) is 10.3. The Labute approximate surface area is 77.5 Å². The first-order valence-corrected chi connectivity index (χ1v) is 8.80. The van der Waals surface area contributed by atoms with Crippen molar-refractivity contribution in [1.82, 2.24) is 0 Å². The molecule has 72 valence electrons. The highest BCUT2D eigenvalue weighted by Crippen LogP contribution is 2.25. The molecule has 1 fully saturated rings. The topological polar surface area (TPSA) is 9.23 Å².